The molecule has 29 heavy (non-hydrogen) atoms. The SMILES string of the molecule is N#CC1=C(N)Oc2ccc(N=Nc3ccc([N+](=O)[O-])cc3)cc2C1C(C#N)C#N. The highest BCUT2D eigenvalue weighted by Crippen LogP contribution is 2.43. The molecule has 2 N–H and O–H groups in total. The molecule has 1 atom stereocenters. The van der Waals surface area contributed by atoms with Crippen molar-refractivity contribution in [2.24, 2.45) is 21.9 Å². The molecule has 10 heteroatoms. The Morgan fingerprint density at radius 2 is 1.69 bits per heavy atom. The third-order valence-corrected chi connectivity index (χ3v) is 4.20. The number of hydrogen-bond donors (Lipinski definition) is 1. The van der Waals surface area contributed by atoms with Crippen molar-refractivity contribution in [3.63, 3.8) is 0 Å². The van der Waals surface area contributed by atoms with Crippen LogP contribution < -0.4 is 10.5 Å². The molecular formula is C19H11N7O3. The minimum absolute atomic E-state index is 0.00458. The summed E-state index contributed by atoms with van der Waals surface area (Å²) in [4.78, 5) is 10.2. The van der Waals surface area contributed by atoms with Gasteiger partial charge in [-0.15, -0.1) is 0 Å². The Hall–Kier alpha value is -4.75. The van der Waals surface area contributed by atoms with Crippen molar-refractivity contribution in [2.45, 2.75) is 5.92 Å². The highest BCUT2D eigenvalue weighted by atomic mass is 16.6. The lowest BCUT2D eigenvalue weighted by atomic mass is 9.80. The maximum atomic E-state index is 10.7. The molecule has 0 saturated carbocycles. The highest BCUT2D eigenvalue weighted by molar-refractivity contribution is 5.57. The van der Waals surface area contributed by atoms with E-state index in [-0.39, 0.29) is 17.1 Å². The number of hydrogen-bond acceptors (Lipinski definition) is 9. The first-order valence-electron chi connectivity index (χ1n) is 8.15. The second-order valence-electron chi connectivity index (χ2n) is 5.90. The van der Waals surface area contributed by atoms with Crippen molar-refractivity contribution in [2.75, 3.05) is 0 Å². The van der Waals surface area contributed by atoms with E-state index in [0.29, 0.717) is 22.7 Å². The Labute approximate surface area is 164 Å². The van der Waals surface area contributed by atoms with Crippen LogP contribution in [0, 0.1) is 50.0 Å². The predicted molar refractivity (Wildman–Crippen MR) is 98.6 cm³/mol. The van der Waals surface area contributed by atoms with Gasteiger partial charge in [-0.1, -0.05) is 0 Å². The van der Waals surface area contributed by atoms with Crippen molar-refractivity contribution < 1.29 is 9.66 Å². The first-order chi connectivity index (χ1) is 14.0. The van der Waals surface area contributed by atoms with Crippen molar-refractivity contribution in [1.29, 1.82) is 15.8 Å². The fourth-order valence-corrected chi connectivity index (χ4v) is 2.82. The fourth-order valence-electron chi connectivity index (χ4n) is 2.82. The summed E-state index contributed by atoms with van der Waals surface area (Å²) in [5.41, 5.74) is 6.90. The van der Waals surface area contributed by atoms with Crippen LogP contribution in [0.3, 0.4) is 0 Å². The molecule has 0 amide bonds. The van der Waals surface area contributed by atoms with Gasteiger partial charge in [0.15, 0.2) is 0 Å². The maximum absolute atomic E-state index is 10.7. The van der Waals surface area contributed by atoms with Crippen LogP contribution in [0.15, 0.2) is 64.1 Å². The Balaban J connectivity index is 1.97. The van der Waals surface area contributed by atoms with Gasteiger partial charge in [0, 0.05) is 17.7 Å². The summed E-state index contributed by atoms with van der Waals surface area (Å²) in [5, 5.41) is 46.8. The number of nitriles is 3. The van der Waals surface area contributed by atoms with Crippen LogP contribution >= 0.6 is 0 Å². The largest absolute Gasteiger partial charge is 0.440 e. The second-order valence-corrected chi connectivity index (χ2v) is 5.90. The first-order valence-corrected chi connectivity index (χ1v) is 8.15. The molecule has 10 nitrogen and oxygen atoms in total. The molecule has 0 saturated heterocycles. The summed E-state index contributed by atoms with van der Waals surface area (Å²) >= 11 is 0. The van der Waals surface area contributed by atoms with E-state index < -0.39 is 16.8 Å². The van der Waals surface area contributed by atoms with E-state index in [1.165, 1.54) is 24.3 Å². The predicted octanol–water partition coefficient (Wildman–Crippen LogP) is 3.84. The molecule has 1 heterocycles. The maximum Gasteiger partial charge on any atom is 0.269 e. The van der Waals surface area contributed by atoms with Gasteiger partial charge in [-0.2, -0.15) is 26.0 Å². The standard InChI is InChI=1S/C19H11N7O3/c20-8-11(9-21)18-15-7-13(3-6-17(15)29-19(23)16(18)10-22)25-24-12-1-4-14(5-2-12)26(27)28/h1-7,11,18H,23H2. The quantitative estimate of drug-likeness (QED) is 0.472. The third kappa shape index (κ3) is 3.70. The molecular weight excluding hydrogens is 374 g/mol. The van der Waals surface area contributed by atoms with Gasteiger partial charge in [0.05, 0.1) is 39.9 Å². The van der Waals surface area contributed by atoms with Gasteiger partial charge in [-0.25, -0.2) is 0 Å². The van der Waals surface area contributed by atoms with Gasteiger partial charge in [0.25, 0.3) is 5.69 Å². The van der Waals surface area contributed by atoms with Crippen LogP contribution in [0.4, 0.5) is 17.1 Å². The summed E-state index contributed by atoms with van der Waals surface area (Å²) in [6.07, 6.45) is 0. The van der Waals surface area contributed by atoms with Gasteiger partial charge in [0.1, 0.15) is 17.7 Å². The van der Waals surface area contributed by atoms with Gasteiger partial charge < -0.3 is 10.5 Å². The molecule has 0 spiro atoms. The monoisotopic (exact) mass is 385 g/mol. The van der Waals surface area contributed by atoms with Crippen LogP contribution in [0.5, 0.6) is 5.75 Å². The molecule has 1 unspecified atom stereocenters. The van der Waals surface area contributed by atoms with Gasteiger partial charge >= 0.3 is 0 Å². The van der Waals surface area contributed by atoms with E-state index in [0.717, 1.165) is 0 Å². The topological polar surface area (TPSA) is 174 Å². The molecule has 0 radical (unpaired) electrons. The fraction of sp³-hybridized carbons (Fsp3) is 0.105. The van der Waals surface area contributed by atoms with E-state index in [1.54, 1.807) is 18.2 Å². The first kappa shape index (κ1) is 19.0. The Kier molecular flexibility index (Phi) is 5.16. The van der Waals surface area contributed by atoms with E-state index in [2.05, 4.69) is 10.2 Å². The Morgan fingerprint density at radius 1 is 1.07 bits per heavy atom. The molecule has 0 aromatic heterocycles. The summed E-state index contributed by atoms with van der Waals surface area (Å²) in [7, 11) is 0. The van der Waals surface area contributed by atoms with Crippen LogP contribution in [0.1, 0.15) is 11.5 Å². The van der Waals surface area contributed by atoms with Crippen molar-refractivity contribution >= 4 is 17.1 Å². The van der Waals surface area contributed by atoms with Gasteiger partial charge in [-0.3, -0.25) is 10.1 Å². The second kappa shape index (κ2) is 7.87. The molecule has 2 aromatic carbocycles. The van der Waals surface area contributed by atoms with Crippen LogP contribution in [-0.4, -0.2) is 4.92 Å². The molecule has 3 rings (SSSR count). The number of rotatable bonds is 4. The van der Waals surface area contributed by atoms with Crippen molar-refractivity contribution in [3.05, 3.63) is 69.6 Å². The van der Waals surface area contributed by atoms with Gasteiger partial charge in [-0.05, 0) is 30.3 Å². The molecule has 0 fully saturated rings. The number of ether oxygens (including phenoxy) is 1. The highest BCUT2D eigenvalue weighted by Gasteiger charge is 2.35. The van der Waals surface area contributed by atoms with E-state index in [1.807, 2.05) is 18.2 Å². The van der Waals surface area contributed by atoms with Crippen molar-refractivity contribution in [1.82, 2.24) is 0 Å². The Bertz CT molecular complexity index is 1150. The molecule has 140 valence electrons. The van der Waals surface area contributed by atoms with E-state index in [4.69, 9.17) is 10.5 Å². The van der Waals surface area contributed by atoms with Crippen LogP contribution in [0.25, 0.3) is 0 Å². The molecule has 1 aliphatic rings. The number of nitrogens with two attached hydrogens (primary N) is 1. The lowest BCUT2D eigenvalue weighted by molar-refractivity contribution is -0.384. The lowest BCUT2D eigenvalue weighted by Crippen LogP contribution is -2.24. The number of fused-ring (bicyclic) bond motifs is 1. The number of nitro benzene ring substituents is 1. The Morgan fingerprint density at radius 3 is 2.28 bits per heavy atom. The number of nitro groups is 1. The third-order valence-electron chi connectivity index (χ3n) is 4.20. The lowest BCUT2D eigenvalue weighted by Gasteiger charge is -2.26. The molecule has 0 bridgehead atoms. The zero-order valence-electron chi connectivity index (χ0n) is 14.7. The summed E-state index contributed by atoms with van der Waals surface area (Å²) in [6.45, 7) is 0. The minimum Gasteiger partial charge on any atom is -0.440 e. The molecule has 0 aliphatic carbocycles. The van der Waals surface area contributed by atoms with E-state index in [9.17, 15) is 25.9 Å². The number of azo groups is 1. The number of nitrogens with zero attached hydrogens (tertiary/aromatic N) is 6. The smallest absolute Gasteiger partial charge is 0.269 e. The average Bonchev–Trinajstić information content (AvgIpc) is 2.73. The van der Waals surface area contributed by atoms with Crippen LogP contribution in [-0.2, 0) is 0 Å². The zero-order valence-corrected chi connectivity index (χ0v) is 14.7. The summed E-state index contributed by atoms with van der Waals surface area (Å²) < 4.78 is 5.44. The molecule has 1 aliphatic heterocycles. The van der Waals surface area contributed by atoms with Gasteiger partial charge in [0.2, 0.25) is 5.88 Å². The number of benzene rings is 2. The summed E-state index contributed by atoms with van der Waals surface area (Å²) in [6, 6.07) is 15.9. The average molecular weight is 385 g/mol. The summed E-state index contributed by atoms with van der Waals surface area (Å²) in [5.74, 6) is -1.86. The normalized spacial score (nSPS) is 15.2. The number of non-ortho nitro benzene ring substituents is 1. The van der Waals surface area contributed by atoms with Crippen molar-refractivity contribution in [3.8, 4) is 24.0 Å². The number of allylic oxidation sites excluding steroid dienone is 1. The zero-order chi connectivity index (χ0) is 21.0. The van der Waals surface area contributed by atoms with E-state index >= 15 is 0 Å². The minimum atomic E-state index is -1.15. The molecule has 2 aromatic rings. The van der Waals surface area contributed by atoms with Crippen LogP contribution in [0.2, 0.25) is 0 Å².